The number of likely N-dealkylation sites (N-methyl/N-ethyl adjacent to an activating group) is 1. The molecule has 1 fully saturated rings. The van der Waals surface area contributed by atoms with Crippen LogP contribution in [0.25, 0.3) is 0 Å². The predicted molar refractivity (Wildman–Crippen MR) is 71.6 cm³/mol. The Balaban J connectivity index is 2.35. The summed E-state index contributed by atoms with van der Waals surface area (Å²) >= 11 is 0. The summed E-state index contributed by atoms with van der Waals surface area (Å²) in [6, 6.07) is 0. The summed E-state index contributed by atoms with van der Waals surface area (Å²) in [6.45, 7) is 6.64. The van der Waals surface area contributed by atoms with Crippen molar-refractivity contribution in [1.82, 2.24) is 4.90 Å². The lowest BCUT2D eigenvalue weighted by atomic mass is 9.83. The smallest absolute Gasteiger partial charge is 0.0300 e. The molecule has 0 saturated heterocycles. The highest BCUT2D eigenvalue weighted by atomic mass is 15.2. The molecule has 0 bridgehead atoms. The number of unbranched alkanes of at least 4 members (excludes halogenated alkanes) is 2. The molecule has 1 unspecified atom stereocenters. The molecule has 2 heteroatoms. The van der Waals surface area contributed by atoms with Crippen LogP contribution in [0.15, 0.2) is 0 Å². The molecule has 2 N–H and O–H groups in total. The Bertz CT molecular complexity index is 189. The maximum atomic E-state index is 5.98. The van der Waals surface area contributed by atoms with Gasteiger partial charge in [-0.15, -0.1) is 0 Å². The van der Waals surface area contributed by atoms with E-state index in [9.17, 15) is 0 Å². The number of nitrogens with two attached hydrogens (primary N) is 1. The highest BCUT2D eigenvalue weighted by Crippen LogP contribution is 2.30. The molecule has 96 valence electrons. The van der Waals surface area contributed by atoms with Gasteiger partial charge in [0.05, 0.1) is 0 Å². The molecule has 1 saturated carbocycles. The van der Waals surface area contributed by atoms with E-state index in [1.165, 1.54) is 51.5 Å². The Labute approximate surface area is 102 Å². The minimum atomic E-state index is 0.227. The van der Waals surface area contributed by atoms with Crippen molar-refractivity contribution in [1.29, 1.82) is 0 Å². The van der Waals surface area contributed by atoms with Crippen molar-refractivity contribution in [2.24, 2.45) is 11.7 Å². The summed E-state index contributed by atoms with van der Waals surface area (Å²) in [5.41, 5.74) is 6.21. The van der Waals surface area contributed by atoms with Gasteiger partial charge < -0.3 is 5.73 Å². The van der Waals surface area contributed by atoms with E-state index in [0.29, 0.717) is 0 Å². The minimum absolute atomic E-state index is 0.227. The highest BCUT2D eigenvalue weighted by molar-refractivity contribution is 4.87. The number of nitrogens with zero attached hydrogens (tertiary/aromatic N) is 1. The maximum Gasteiger partial charge on any atom is 0.0300 e. The van der Waals surface area contributed by atoms with Crippen LogP contribution in [-0.4, -0.2) is 30.6 Å². The molecule has 1 rings (SSSR count). The van der Waals surface area contributed by atoms with E-state index in [0.717, 1.165) is 12.5 Å². The number of rotatable bonds is 8. The first-order valence-corrected chi connectivity index (χ1v) is 7.03. The van der Waals surface area contributed by atoms with Crippen LogP contribution in [-0.2, 0) is 0 Å². The van der Waals surface area contributed by atoms with Crippen molar-refractivity contribution in [3.05, 3.63) is 0 Å². The monoisotopic (exact) mass is 226 g/mol. The van der Waals surface area contributed by atoms with E-state index >= 15 is 0 Å². The first-order valence-electron chi connectivity index (χ1n) is 7.03. The van der Waals surface area contributed by atoms with Crippen LogP contribution in [0.5, 0.6) is 0 Å². The zero-order valence-electron chi connectivity index (χ0n) is 11.5. The Hall–Kier alpha value is -0.0800. The molecule has 0 aromatic carbocycles. The van der Waals surface area contributed by atoms with Gasteiger partial charge in [-0.25, -0.2) is 0 Å². The van der Waals surface area contributed by atoms with Gasteiger partial charge in [-0.3, -0.25) is 4.90 Å². The SMILES string of the molecule is CCCCCC(C)(CN)N(C)CC1CCC1. The Kier molecular flexibility index (Phi) is 5.77. The molecular formula is C14H30N2. The zero-order valence-corrected chi connectivity index (χ0v) is 11.5. The summed E-state index contributed by atoms with van der Waals surface area (Å²) in [5, 5.41) is 0. The maximum absolute atomic E-state index is 5.98. The first kappa shape index (κ1) is 14.0. The van der Waals surface area contributed by atoms with Crippen LogP contribution in [0, 0.1) is 5.92 Å². The third kappa shape index (κ3) is 3.74. The van der Waals surface area contributed by atoms with E-state index in [1.54, 1.807) is 0 Å². The van der Waals surface area contributed by atoms with Crippen molar-refractivity contribution in [3.63, 3.8) is 0 Å². The molecule has 0 spiro atoms. The van der Waals surface area contributed by atoms with E-state index in [1.807, 2.05) is 0 Å². The van der Waals surface area contributed by atoms with Gasteiger partial charge in [0.2, 0.25) is 0 Å². The molecule has 2 nitrogen and oxygen atoms in total. The van der Waals surface area contributed by atoms with Gasteiger partial charge in [0, 0.05) is 18.6 Å². The van der Waals surface area contributed by atoms with Crippen molar-refractivity contribution < 1.29 is 0 Å². The molecule has 0 aliphatic heterocycles. The highest BCUT2D eigenvalue weighted by Gasteiger charge is 2.30. The third-order valence-electron chi connectivity index (χ3n) is 4.44. The minimum Gasteiger partial charge on any atom is -0.329 e. The molecule has 1 aliphatic rings. The van der Waals surface area contributed by atoms with Crippen LogP contribution in [0.1, 0.15) is 58.8 Å². The molecule has 0 aromatic rings. The third-order valence-corrected chi connectivity index (χ3v) is 4.44. The second-order valence-corrected chi connectivity index (χ2v) is 5.84. The number of hydrogen-bond donors (Lipinski definition) is 1. The van der Waals surface area contributed by atoms with E-state index < -0.39 is 0 Å². The van der Waals surface area contributed by atoms with Crippen molar-refractivity contribution in [2.45, 2.75) is 64.3 Å². The first-order chi connectivity index (χ1) is 7.62. The van der Waals surface area contributed by atoms with Crippen molar-refractivity contribution in [2.75, 3.05) is 20.1 Å². The summed E-state index contributed by atoms with van der Waals surface area (Å²) in [7, 11) is 2.26. The molecule has 16 heavy (non-hydrogen) atoms. The van der Waals surface area contributed by atoms with Crippen LogP contribution >= 0.6 is 0 Å². The molecule has 0 aromatic heterocycles. The predicted octanol–water partition coefficient (Wildman–Crippen LogP) is 3.02. The van der Waals surface area contributed by atoms with Gasteiger partial charge in [-0.1, -0.05) is 32.6 Å². The van der Waals surface area contributed by atoms with E-state index in [-0.39, 0.29) is 5.54 Å². The molecule has 0 amide bonds. The van der Waals surface area contributed by atoms with Gasteiger partial charge in [0.1, 0.15) is 0 Å². The quantitative estimate of drug-likeness (QED) is 0.645. The Morgan fingerprint density at radius 3 is 2.44 bits per heavy atom. The fourth-order valence-corrected chi connectivity index (χ4v) is 2.49. The standard InChI is InChI=1S/C14H30N2/c1-4-5-6-10-14(2,12-15)16(3)11-13-8-7-9-13/h13H,4-12,15H2,1-3H3. The summed E-state index contributed by atoms with van der Waals surface area (Å²) in [6.07, 6.45) is 9.51. The Morgan fingerprint density at radius 2 is 2.00 bits per heavy atom. The number of hydrogen-bond acceptors (Lipinski definition) is 2. The van der Waals surface area contributed by atoms with Gasteiger partial charge in [0.25, 0.3) is 0 Å². The summed E-state index contributed by atoms with van der Waals surface area (Å²) in [5.74, 6) is 0.946. The van der Waals surface area contributed by atoms with Crippen LogP contribution in [0.3, 0.4) is 0 Å². The normalized spacial score (nSPS) is 20.8. The topological polar surface area (TPSA) is 29.3 Å². The fourth-order valence-electron chi connectivity index (χ4n) is 2.49. The van der Waals surface area contributed by atoms with E-state index in [4.69, 9.17) is 5.73 Å². The van der Waals surface area contributed by atoms with Crippen LogP contribution in [0.4, 0.5) is 0 Å². The van der Waals surface area contributed by atoms with Gasteiger partial charge in [-0.2, -0.15) is 0 Å². The van der Waals surface area contributed by atoms with Gasteiger partial charge in [-0.05, 0) is 39.2 Å². The zero-order chi connectivity index (χ0) is 12.0. The second kappa shape index (κ2) is 6.61. The summed E-state index contributed by atoms with van der Waals surface area (Å²) in [4.78, 5) is 2.52. The lowest BCUT2D eigenvalue weighted by Crippen LogP contribution is -2.51. The summed E-state index contributed by atoms with van der Waals surface area (Å²) < 4.78 is 0. The fraction of sp³-hybridized carbons (Fsp3) is 1.00. The second-order valence-electron chi connectivity index (χ2n) is 5.84. The molecular weight excluding hydrogens is 196 g/mol. The average molecular weight is 226 g/mol. The van der Waals surface area contributed by atoms with Crippen LogP contribution < -0.4 is 5.73 Å². The van der Waals surface area contributed by atoms with Crippen molar-refractivity contribution in [3.8, 4) is 0 Å². The average Bonchev–Trinajstić information content (AvgIpc) is 2.23. The lowest BCUT2D eigenvalue weighted by molar-refractivity contribution is 0.0890. The molecule has 0 heterocycles. The largest absolute Gasteiger partial charge is 0.329 e. The van der Waals surface area contributed by atoms with Gasteiger partial charge >= 0.3 is 0 Å². The lowest BCUT2D eigenvalue weighted by Gasteiger charge is -2.42. The van der Waals surface area contributed by atoms with Crippen molar-refractivity contribution >= 4 is 0 Å². The molecule has 1 aliphatic carbocycles. The molecule has 1 atom stereocenters. The van der Waals surface area contributed by atoms with Crippen LogP contribution in [0.2, 0.25) is 0 Å². The van der Waals surface area contributed by atoms with Gasteiger partial charge in [0.15, 0.2) is 0 Å². The van der Waals surface area contributed by atoms with E-state index in [2.05, 4.69) is 25.8 Å². The Morgan fingerprint density at radius 1 is 1.31 bits per heavy atom. The molecule has 0 radical (unpaired) electrons.